The van der Waals surface area contributed by atoms with E-state index in [-0.39, 0.29) is 11.2 Å². The van der Waals surface area contributed by atoms with Crippen molar-refractivity contribution < 1.29 is 9.53 Å². The Balaban J connectivity index is 1.76. The molecule has 0 aliphatic rings. The van der Waals surface area contributed by atoms with Crippen molar-refractivity contribution >= 4 is 17.7 Å². The lowest BCUT2D eigenvalue weighted by molar-refractivity contribution is -0.120. The fraction of sp³-hybridized carbons (Fsp3) is 0.278. The molecule has 3 nitrogen and oxygen atoms in total. The Kier molecular flexibility index (Phi) is 6.34. The van der Waals surface area contributed by atoms with Crippen LogP contribution in [0.1, 0.15) is 18.1 Å². The predicted molar refractivity (Wildman–Crippen MR) is 92.0 cm³/mol. The average molecular weight is 315 g/mol. The molecule has 0 aliphatic carbocycles. The van der Waals surface area contributed by atoms with Crippen LogP contribution in [-0.4, -0.2) is 18.3 Å². The SMILES string of the molecule is COc1ccc(CNC(=O)[C@@H](C)SCc2ccccc2)cc1. The van der Waals surface area contributed by atoms with E-state index in [2.05, 4.69) is 17.4 Å². The Bertz CT molecular complexity index is 584. The zero-order valence-corrected chi connectivity index (χ0v) is 13.7. The first-order valence-corrected chi connectivity index (χ1v) is 8.30. The van der Waals surface area contributed by atoms with E-state index in [1.54, 1.807) is 18.9 Å². The largest absolute Gasteiger partial charge is 0.497 e. The van der Waals surface area contributed by atoms with Crippen LogP contribution < -0.4 is 10.1 Å². The molecule has 1 amide bonds. The molecule has 2 aromatic carbocycles. The Morgan fingerprint density at radius 1 is 1.09 bits per heavy atom. The highest BCUT2D eigenvalue weighted by Gasteiger charge is 2.12. The number of nitrogens with one attached hydrogen (secondary N) is 1. The Hall–Kier alpha value is -1.94. The zero-order chi connectivity index (χ0) is 15.8. The second-order valence-corrected chi connectivity index (χ2v) is 6.33. The number of methoxy groups -OCH3 is 1. The number of rotatable bonds is 7. The van der Waals surface area contributed by atoms with Crippen LogP contribution in [0.5, 0.6) is 5.75 Å². The van der Waals surface area contributed by atoms with Crippen molar-refractivity contribution in [3.05, 3.63) is 65.7 Å². The summed E-state index contributed by atoms with van der Waals surface area (Å²) in [6.45, 7) is 2.48. The summed E-state index contributed by atoms with van der Waals surface area (Å²) < 4.78 is 5.12. The van der Waals surface area contributed by atoms with Crippen molar-refractivity contribution in [1.82, 2.24) is 5.32 Å². The average Bonchev–Trinajstić information content (AvgIpc) is 2.58. The van der Waals surface area contributed by atoms with Gasteiger partial charge in [0, 0.05) is 12.3 Å². The van der Waals surface area contributed by atoms with E-state index in [9.17, 15) is 4.79 Å². The molecule has 0 spiro atoms. The van der Waals surface area contributed by atoms with Gasteiger partial charge < -0.3 is 10.1 Å². The van der Waals surface area contributed by atoms with Crippen molar-refractivity contribution in [1.29, 1.82) is 0 Å². The molecular formula is C18H21NO2S. The van der Waals surface area contributed by atoms with Crippen molar-refractivity contribution in [3.63, 3.8) is 0 Å². The number of benzene rings is 2. The summed E-state index contributed by atoms with van der Waals surface area (Å²) >= 11 is 1.65. The van der Waals surface area contributed by atoms with Crippen molar-refractivity contribution in [3.8, 4) is 5.75 Å². The van der Waals surface area contributed by atoms with E-state index < -0.39 is 0 Å². The summed E-state index contributed by atoms with van der Waals surface area (Å²) in [6.07, 6.45) is 0. The summed E-state index contributed by atoms with van der Waals surface area (Å²) in [6, 6.07) is 17.9. The topological polar surface area (TPSA) is 38.3 Å². The van der Waals surface area contributed by atoms with E-state index in [0.717, 1.165) is 17.1 Å². The first kappa shape index (κ1) is 16.4. The maximum Gasteiger partial charge on any atom is 0.233 e. The lowest BCUT2D eigenvalue weighted by Gasteiger charge is -2.12. The van der Waals surface area contributed by atoms with E-state index >= 15 is 0 Å². The van der Waals surface area contributed by atoms with Crippen LogP contribution in [0, 0.1) is 0 Å². The number of thioether (sulfide) groups is 1. The minimum atomic E-state index is -0.0709. The Labute approximate surface area is 136 Å². The highest BCUT2D eigenvalue weighted by molar-refractivity contribution is 7.99. The highest BCUT2D eigenvalue weighted by Crippen LogP contribution is 2.18. The van der Waals surface area contributed by atoms with Crippen LogP contribution in [0.25, 0.3) is 0 Å². The first-order valence-electron chi connectivity index (χ1n) is 7.25. The monoisotopic (exact) mass is 315 g/mol. The summed E-state index contributed by atoms with van der Waals surface area (Å²) in [5, 5.41) is 2.90. The number of hydrogen-bond donors (Lipinski definition) is 1. The van der Waals surface area contributed by atoms with Gasteiger partial charge in [0.15, 0.2) is 0 Å². The molecule has 0 heterocycles. The molecule has 2 rings (SSSR count). The van der Waals surface area contributed by atoms with Crippen molar-refractivity contribution in [2.75, 3.05) is 7.11 Å². The maximum atomic E-state index is 12.1. The number of amides is 1. The third kappa shape index (κ3) is 5.11. The molecule has 22 heavy (non-hydrogen) atoms. The summed E-state index contributed by atoms with van der Waals surface area (Å²) in [4.78, 5) is 12.1. The van der Waals surface area contributed by atoms with Crippen LogP contribution >= 0.6 is 11.8 Å². The van der Waals surface area contributed by atoms with Gasteiger partial charge >= 0.3 is 0 Å². The number of carbonyl (C=O) groups is 1. The van der Waals surface area contributed by atoms with Gasteiger partial charge in [-0.2, -0.15) is 0 Å². The lowest BCUT2D eigenvalue weighted by atomic mass is 10.2. The van der Waals surface area contributed by atoms with Crippen molar-refractivity contribution in [2.45, 2.75) is 24.5 Å². The molecule has 0 saturated carbocycles. The smallest absolute Gasteiger partial charge is 0.233 e. The first-order chi connectivity index (χ1) is 10.7. The zero-order valence-electron chi connectivity index (χ0n) is 12.9. The van der Waals surface area contributed by atoms with Gasteiger partial charge in [-0.25, -0.2) is 0 Å². The quantitative estimate of drug-likeness (QED) is 0.848. The third-order valence-electron chi connectivity index (χ3n) is 3.34. The summed E-state index contributed by atoms with van der Waals surface area (Å²) in [5.41, 5.74) is 2.30. The third-order valence-corrected chi connectivity index (χ3v) is 4.55. The predicted octanol–water partition coefficient (Wildman–Crippen LogP) is 3.63. The maximum absolute atomic E-state index is 12.1. The van der Waals surface area contributed by atoms with E-state index in [1.807, 2.05) is 49.4 Å². The molecular weight excluding hydrogens is 294 g/mol. The second-order valence-electron chi connectivity index (χ2n) is 5.00. The molecule has 0 bridgehead atoms. The van der Waals surface area contributed by atoms with Crippen LogP contribution in [0.4, 0.5) is 0 Å². The fourth-order valence-corrected chi connectivity index (χ4v) is 2.82. The summed E-state index contributed by atoms with van der Waals surface area (Å²) in [5.74, 6) is 1.73. The van der Waals surface area contributed by atoms with Gasteiger partial charge in [-0.15, -0.1) is 11.8 Å². The second kappa shape index (κ2) is 8.49. The molecule has 0 aromatic heterocycles. The molecule has 0 aliphatic heterocycles. The number of carbonyl (C=O) groups excluding carboxylic acids is 1. The Morgan fingerprint density at radius 2 is 1.77 bits per heavy atom. The normalized spacial score (nSPS) is 11.7. The van der Waals surface area contributed by atoms with Crippen molar-refractivity contribution in [2.24, 2.45) is 0 Å². The van der Waals surface area contributed by atoms with Gasteiger partial charge in [0.25, 0.3) is 0 Å². The molecule has 2 aromatic rings. The molecule has 0 radical (unpaired) electrons. The standard InChI is InChI=1S/C18H21NO2S/c1-14(22-13-16-6-4-3-5-7-16)18(20)19-12-15-8-10-17(21-2)11-9-15/h3-11,14H,12-13H2,1-2H3,(H,19,20)/t14-/m1/s1. The summed E-state index contributed by atoms with van der Waals surface area (Å²) in [7, 11) is 1.64. The molecule has 0 fully saturated rings. The fourth-order valence-electron chi connectivity index (χ4n) is 1.95. The number of hydrogen-bond acceptors (Lipinski definition) is 3. The molecule has 0 unspecified atom stereocenters. The number of ether oxygens (including phenoxy) is 1. The molecule has 1 N–H and O–H groups in total. The minimum absolute atomic E-state index is 0.0664. The molecule has 0 saturated heterocycles. The van der Waals surface area contributed by atoms with Gasteiger partial charge in [0.2, 0.25) is 5.91 Å². The molecule has 1 atom stereocenters. The highest BCUT2D eigenvalue weighted by atomic mass is 32.2. The van der Waals surface area contributed by atoms with Gasteiger partial charge in [0.1, 0.15) is 5.75 Å². The van der Waals surface area contributed by atoms with E-state index in [0.29, 0.717) is 6.54 Å². The van der Waals surface area contributed by atoms with E-state index in [4.69, 9.17) is 4.74 Å². The molecule has 4 heteroatoms. The van der Waals surface area contributed by atoms with Gasteiger partial charge in [-0.1, -0.05) is 42.5 Å². The van der Waals surface area contributed by atoms with Crippen LogP contribution in [-0.2, 0) is 17.1 Å². The van der Waals surface area contributed by atoms with E-state index in [1.165, 1.54) is 5.56 Å². The Morgan fingerprint density at radius 3 is 2.41 bits per heavy atom. The minimum Gasteiger partial charge on any atom is -0.497 e. The van der Waals surface area contributed by atoms with Crippen LogP contribution in [0.3, 0.4) is 0 Å². The van der Waals surface area contributed by atoms with Crippen LogP contribution in [0.15, 0.2) is 54.6 Å². The van der Waals surface area contributed by atoms with Gasteiger partial charge in [0.05, 0.1) is 12.4 Å². The van der Waals surface area contributed by atoms with Gasteiger partial charge in [-0.05, 0) is 30.2 Å². The lowest BCUT2D eigenvalue weighted by Crippen LogP contribution is -2.30. The van der Waals surface area contributed by atoms with Crippen LogP contribution in [0.2, 0.25) is 0 Å². The molecule has 116 valence electrons. The van der Waals surface area contributed by atoms with Gasteiger partial charge in [-0.3, -0.25) is 4.79 Å².